The predicted molar refractivity (Wildman–Crippen MR) is 84.4 cm³/mol. The molecule has 1 aliphatic carbocycles. The first-order chi connectivity index (χ1) is 9.31. The van der Waals surface area contributed by atoms with Crippen LogP contribution in [0.3, 0.4) is 0 Å². The largest absolute Gasteiger partial charge is 0.317 e. The highest BCUT2D eigenvalue weighted by Gasteiger charge is 2.34. The van der Waals surface area contributed by atoms with Crippen molar-refractivity contribution in [3.63, 3.8) is 0 Å². The molecule has 1 nitrogen and oxygen atoms in total. The van der Waals surface area contributed by atoms with Crippen LogP contribution in [-0.2, 0) is 0 Å². The summed E-state index contributed by atoms with van der Waals surface area (Å²) in [6.45, 7) is 5.02. The molecule has 0 radical (unpaired) electrons. The van der Waals surface area contributed by atoms with E-state index in [1.807, 2.05) is 0 Å². The number of hydrogen-bond acceptors (Lipinski definition) is 1. The highest BCUT2D eigenvalue weighted by atomic mass is 14.9. The van der Waals surface area contributed by atoms with Gasteiger partial charge in [-0.15, -0.1) is 0 Å². The van der Waals surface area contributed by atoms with Gasteiger partial charge in [0.1, 0.15) is 0 Å². The van der Waals surface area contributed by atoms with Crippen LogP contribution in [0, 0.1) is 11.3 Å². The van der Waals surface area contributed by atoms with Crippen LogP contribution >= 0.6 is 0 Å². The highest BCUT2D eigenvalue weighted by molar-refractivity contribution is 4.93. The number of nitrogens with one attached hydrogen (secondary N) is 1. The first kappa shape index (κ1) is 15.1. The smallest absolute Gasteiger partial charge is 0.00436 e. The van der Waals surface area contributed by atoms with Crippen LogP contribution < -0.4 is 5.32 Å². The third kappa shape index (κ3) is 4.95. The molecule has 1 heteroatoms. The Bertz CT molecular complexity index is 263. The molecule has 0 aromatic carbocycles. The molecule has 1 aliphatic heterocycles. The molecule has 0 aromatic rings. The van der Waals surface area contributed by atoms with Crippen LogP contribution in [0.25, 0.3) is 0 Å². The van der Waals surface area contributed by atoms with E-state index in [9.17, 15) is 0 Å². The lowest BCUT2D eigenvalue weighted by atomic mass is 9.67. The molecule has 1 unspecified atom stereocenters. The van der Waals surface area contributed by atoms with Crippen LogP contribution in [0.1, 0.15) is 77.6 Å². The summed E-state index contributed by atoms with van der Waals surface area (Å²) in [5.41, 5.74) is 0.597. The summed E-state index contributed by atoms with van der Waals surface area (Å²) in [7, 11) is 0. The van der Waals surface area contributed by atoms with Crippen molar-refractivity contribution < 1.29 is 0 Å². The van der Waals surface area contributed by atoms with Crippen molar-refractivity contribution in [1.29, 1.82) is 0 Å². The summed E-state index contributed by atoms with van der Waals surface area (Å²) in [5, 5.41) is 3.53. The molecule has 1 atom stereocenters. The van der Waals surface area contributed by atoms with Crippen molar-refractivity contribution in [3.8, 4) is 0 Å². The molecule has 0 saturated carbocycles. The van der Waals surface area contributed by atoms with Crippen LogP contribution in [0.5, 0.6) is 0 Å². The normalized spacial score (nSPS) is 30.3. The molecule has 1 saturated heterocycles. The van der Waals surface area contributed by atoms with Crippen LogP contribution in [-0.4, -0.2) is 13.1 Å². The second-order valence-electron chi connectivity index (χ2n) is 7.01. The minimum Gasteiger partial charge on any atom is -0.317 e. The summed E-state index contributed by atoms with van der Waals surface area (Å²) < 4.78 is 0. The van der Waals surface area contributed by atoms with Gasteiger partial charge in [0.2, 0.25) is 0 Å². The molecular formula is C18H33N. The fraction of sp³-hybridized carbons (Fsp3) is 0.889. The van der Waals surface area contributed by atoms with Crippen LogP contribution in [0.15, 0.2) is 12.2 Å². The molecule has 2 aliphatic rings. The van der Waals surface area contributed by atoms with Gasteiger partial charge in [-0.25, -0.2) is 0 Å². The van der Waals surface area contributed by atoms with Gasteiger partial charge in [-0.2, -0.15) is 0 Å². The molecule has 0 aromatic heterocycles. The highest BCUT2D eigenvalue weighted by Crippen LogP contribution is 2.41. The zero-order chi connectivity index (χ0) is 13.4. The fourth-order valence-electron chi connectivity index (χ4n) is 3.90. The Hall–Kier alpha value is -0.300. The molecule has 0 bridgehead atoms. The van der Waals surface area contributed by atoms with Crippen LogP contribution in [0.4, 0.5) is 0 Å². The molecule has 0 spiro atoms. The Kier molecular flexibility index (Phi) is 6.43. The first-order valence-corrected chi connectivity index (χ1v) is 8.67. The van der Waals surface area contributed by atoms with Gasteiger partial charge < -0.3 is 5.32 Å². The zero-order valence-corrected chi connectivity index (χ0v) is 12.9. The average molecular weight is 263 g/mol. The predicted octanol–water partition coefficient (Wildman–Crippen LogP) is 5.07. The standard InChI is InChI=1S/C18H33N/c1-18(13-15-19-16-14-18)17-11-9-7-5-3-2-4-6-8-10-12-17/h7,9,17,19H,2-6,8,10-16H2,1H3. The van der Waals surface area contributed by atoms with Gasteiger partial charge in [0, 0.05) is 0 Å². The third-order valence-corrected chi connectivity index (χ3v) is 5.49. The maximum atomic E-state index is 3.53. The van der Waals surface area contributed by atoms with E-state index >= 15 is 0 Å². The van der Waals surface area contributed by atoms with Crippen molar-refractivity contribution in [2.45, 2.75) is 77.6 Å². The Morgan fingerprint density at radius 3 is 2.37 bits per heavy atom. The van der Waals surface area contributed by atoms with Gasteiger partial charge in [-0.1, -0.05) is 51.2 Å². The fourth-order valence-corrected chi connectivity index (χ4v) is 3.90. The van der Waals surface area contributed by atoms with Gasteiger partial charge in [0.05, 0.1) is 0 Å². The quantitative estimate of drug-likeness (QED) is 0.651. The monoisotopic (exact) mass is 263 g/mol. The van der Waals surface area contributed by atoms with Crippen molar-refractivity contribution in [2.24, 2.45) is 11.3 Å². The van der Waals surface area contributed by atoms with E-state index in [-0.39, 0.29) is 0 Å². The van der Waals surface area contributed by atoms with E-state index in [1.165, 1.54) is 83.7 Å². The molecule has 1 heterocycles. The molecule has 19 heavy (non-hydrogen) atoms. The second kappa shape index (κ2) is 8.09. The van der Waals surface area contributed by atoms with Gasteiger partial charge in [-0.3, -0.25) is 0 Å². The van der Waals surface area contributed by atoms with E-state index in [2.05, 4.69) is 24.4 Å². The lowest BCUT2D eigenvalue weighted by Crippen LogP contribution is -2.39. The third-order valence-electron chi connectivity index (χ3n) is 5.49. The molecule has 0 amide bonds. The summed E-state index contributed by atoms with van der Waals surface area (Å²) in [6.07, 6.45) is 20.5. The van der Waals surface area contributed by atoms with Gasteiger partial charge in [-0.05, 0) is 62.9 Å². The van der Waals surface area contributed by atoms with Crippen molar-refractivity contribution in [3.05, 3.63) is 12.2 Å². The number of piperidine rings is 1. The Morgan fingerprint density at radius 2 is 1.58 bits per heavy atom. The maximum absolute atomic E-state index is 3.53. The Labute approximate surface area is 120 Å². The lowest BCUT2D eigenvalue weighted by Gasteiger charge is -2.41. The molecule has 2 rings (SSSR count). The minimum absolute atomic E-state index is 0.597. The molecule has 110 valence electrons. The second-order valence-corrected chi connectivity index (χ2v) is 7.01. The number of rotatable bonds is 1. The Balaban J connectivity index is 1.93. The molecule has 1 fully saturated rings. The van der Waals surface area contributed by atoms with E-state index < -0.39 is 0 Å². The van der Waals surface area contributed by atoms with Crippen molar-refractivity contribution in [1.82, 2.24) is 5.32 Å². The van der Waals surface area contributed by atoms with Crippen LogP contribution in [0.2, 0.25) is 0 Å². The van der Waals surface area contributed by atoms with Gasteiger partial charge in [0.15, 0.2) is 0 Å². The minimum atomic E-state index is 0.597. The van der Waals surface area contributed by atoms with E-state index in [0.717, 1.165) is 5.92 Å². The van der Waals surface area contributed by atoms with E-state index in [0.29, 0.717) is 5.41 Å². The van der Waals surface area contributed by atoms with E-state index in [1.54, 1.807) is 0 Å². The Morgan fingerprint density at radius 1 is 0.895 bits per heavy atom. The maximum Gasteiger partial charge on any atom is -0.00436 e. The SMILES string of the molecule is CC1(C2CC=CCCCCCCCC2)CCNCC1. The molecule has 1 N–H and O–H groups in total. The van der Waals surface area contributed by atoms with Crippen molar-refractivity contribution >= 4 is 0 Å². The first-order valence-electron chi connectivity index (χ1n) is 8.67. The summed E-state index contributed by atoms with van der Waals surface area (Å²) in [4.78, 5) is 0. The molecular weight excluding hydrogens is 230 g/mol. The van der Waals surface area contributed by atoms with Gasteiger partial charge in [0.25, 0.3) is 0 Å². The number of hydrogen-bond donors (Lipinski definition) is 1. The van der Waals surface area contributed by atoms with Crippen molar-refractivity contribution in [2.75, 3.05) is 13.1 Å². The zero-order valence-electron chi connectivity index (χ0n) is 12.9. The summed E-state index contributed by atoms with van der Waals surface area (Å²) in [5.74, 6) is 0.922. The average Bonchev–Trinajstić information content (AvgIpc) is 2.40. The summed E-state index contributed by atoms with van der Waals surface area (Å²) in [6, 6.07) is 0. The number of allylic oxidation sites excluding steroid dienone is 2. The summed E-state index contributed by atoms with van der Waals surface area (Å²) >= 11 is 0. The lowest BCUT2D eigenvalue weighted by molar-refractivity contribution is 0.119. The van der Waals surface area contributed by atoms with E-state index in [4.69, 9.17) is 0 Å². The topological polar surface area (TPSA) is 12.0 Å². The van der Waals surface area contributed by atoms with Gasteiger partial charge >= 0.3 is 0 Å².